The highest BCUT2D eigenvalue weighted by molar-refractivity contribution is 7.88. The molecule has 0 radical (unpaired) electrons. The molecule has 0 aliphatic rings. The number of nitrogens with one attached hydrogen (secondary N) is 1. The third kappa shape index (κ3) is 5.95. The lowest BCUT2D eigenvalue weighted by Crippen LogP contribution is -2.42. The highest BCUT2D eigenvalue weighted by atomic mass is 35.5. The quantitative estimate of drug-likeness (QED) is 0.679. The van der Waals surface area contributed by atoms with Crippen molar-refractivity contribution in [1.82, 2.24) is 9.62 Å². The summed E-state index contributed by atoms with van der Waals surface area (Å²) in [7, 11) is -2.16. The Bertz CT molecular complexity index is 888. The van der Waals surface area contributed by atoms with E-state index < -0.39 is 22.0 Å². The minimum absolute atomic E-state index is 0.227. The average molecular weight is 411 g/mol. The molecule has 6 nitrogen and oxygen atoms in total. The van der Waals surface area contributed by atoms with Gasteiger partial charge in [-0.05, 0) is 30.2 Å². The summed E-state index contributed by atoms with van der Waals surface area (Å²) in [5.41, 5.74) is 1.54. The standard InChI is InChI=1S/C19H23ClN2O4S/c1-14-9-10-16(13-17(14)20)26-12-11-21-19(23)18(22(2)27(3,24)25)15-7-5-4-6-8-15/h4-10,13,18H,11-12H2,1-3H3,(H,21,23). The van der Waals surface area contributed by atoms with Crippen LogP contribution < -0.4 is 10.1 Å². The molecule has 0 aromatic heterocycles. The Kier molecular flexibility index (Phi) is 7.24. The van der Waals surface area contributed by atoms with Crippen molar-refractivity contribution < 1.29 is 17.9 Å². The van der Waals surface area contributed by atoms with Crippen LogP contribution in [0.1, 0.15) is 17.2 Å². The summed E-state index contributed by atoms with van der Waals surface area (Å²) < 4.78 is 30.5. The van der Waals surface area contributed by atoms with Gasteiger partial charge in [-0.3, -0.25) is 4.79 Å². The van der Waals surface area contributed by atoms with Crippen molar-refractivity contribution in [2.24, 2.45) is 0 Å². The molecule has 0 saturated carbocycles. The summed E-state index contributed by atoms with van der Waals surface area (Å²) in [5.74, 6) is 0.187. The van der Waals surface area contributed by atoms with E-state index in [-0.39, 0.29) is 13.2 Å². The van der Waals surface area contributed by atoms with Crippen LogP contribution in [0.2, 0.25) is 5.02 Å². The summed E-state index contributed by atoms with van der Waals surface area (Å²) in [6.07, 6.45) is 1.07. The topological polar surface area (TPSA) is 75.7 Å². The van der Waals surface area contributed by atoms with Gasteiger partial charge in [0.15, 0.2) is 0 Å². The van der Waals surface area contributed by atoms with Crippen molar-refractivity contribution >= 4 is 27.5 Å². The average Bonchev–Trinajstić information content (AvgIpc) is 2.62. The van der Waals surface area contributed by atoms with Crippen molar-refractivity contribution in [2.45, 2.75) is 13.0 Å². The largest absolute Gasteiger partial charge is 0.492 e. The highest BCUT2D eigenvalue weighted by Crippen LogP contribution is 2.23. The maximum absolute atomic E-state index is 12.6. The van der Waals surface area contributed by atoms with E-state index in [1.165, 1.54) is 7.05 Å². The molecule has 0 fully saturated rings. The molecule has 8 heteroatoms. The van der Waals surface area contributed by atoms with Crippen molar-refractivity contribution in [3.8, 4) is 5.75 Å². The van der Waals surface area contributed by atoms with Gasteiger partial charge < -0.3 is 10.1 Å². The van der Waals surface area contributed by atoms with Crippen molar-refractivity contribution in [2.75, 3.05) is 26.5 Å². The number of carbonyl (C=O) groups excluding carboxylic acids is 1. The van der Waals surface area contributed by atoms with Crippen molar-refractivity contribution in [3.63, 3.8) is 0 Å². The Labute approximate surface area is 165 Å². The number of aryl methyl sites for hydroxylation is 1. The van der Waals surface area contributed by atoms with E-state index in [4.69, 9.17) is 16.3 Å². The molecule has 1 N–H and O–H groups in total. The summed E-state index contributed by atoms with van der Waals surface area (Å²) in [5, 5.41) is 3.33. The second-order valence-electron chi connectivity index (χ2n) is 6.14. The zero-order valence-corrected chi connectivity index (χ0v) is 17.0. The van der Waals surface area contributed by atoms with Crippen LogP contribution in [0.15, 0.2) is 48.5 Å². The van der Waals surface area contributed by atoms with Gasteiger partial charge in [-0.2, -0.15) is 4.31 Å². The molecule has 1 amide bonds. The van der Waals surface area contributed by atoms with Gasteiger partial charge in [0.2, 0.25) is 15.9 Å². The summed E-state index contributed by atoms with van der Waals surface area (Å²) in [6.45, 7) is 2.36. The van der Waals surface area contributed by atoms with Gasteiger partial charge in [0.25, 0.3) is 0 Å². The molecule has 0 aliphatic heterocycles. The first-order chi connectivity index (χ1) is 12.7. The molecular weight excluding hydrogens is 388 g/mol. The van der Waals surface area contributed by atoms with Gasteiger partial charge in [-0.1, -0.05) is 48.0 Å². The lowest BCUT2D eigenvalue weighted by molar-refractivity contribution is -0.124. The summed E-state index contributed by atoms with van der Waals surface area (Å²) in [4.78, 5) is 12.6. The summed E-state index contributed by atoms with van der Waals surface area (Å²) >= 11 is 6.05. The zero-order chi connectivity index (χ0) is 20.0. The normalized spacial score (nSPS) is 12.6. The van der Waals surface area contributed by atoms with Gasteiger partial charge >= 0.3 is 0 Å². The molecule has 0 saturated heterocycles. The number of halogens is 1. The van der Waals surface area contributed by atoms with Gasteiger partial charge in [-0.15, -0.1) is 0 Å². The van der Waals surface area contributed by atoms with Crippen LogP contribution in [0, 0.1) is 6.92 Å². The first-order valence-electron chi connectivity index (χ1n) is 8.35. The lowest BCUT2D eigenvalue weighted by Gasteiger charge is -2.25. The number of sulfonamides is 1. The number of carbonyl (C=O) groups is 1. The molecule has 1 atom stereocenters. The second-order valence-corrected chi connectivity index (χ2v) is 8.59. The molecule has 2 rings (SSSR count). The third-order valence-electron chi connectivity index (χ3n) is 4.06. The summed E-state index contributed by atoms with van der Waals surface area (Å²) in [6, 6.07) is 13.2. The van der Waals surface area contributed by atoms with Crippen molar-refractivity contribution in [1.29, 1.82) is 0 Å². The monoisotopic (exact) mass is 410 g/mol. The predicted molar refractivity (Wildman–Crippen MR) is 106 cm³/mol. The predicted octanol–water partition coefficient (Wildman–Crippen LogP) is 2.78. The van der Waals surface area contributed by atoms with E-state index in [1.54, 1.807) is 42.5 Å². The van der Waals surface area contributed by atoms with E-state index in [1.807, 2.05) is 13.0 Å². The molecule has 146 valence electrons. The van der Waals surface area contributed by atoms with Crippen LogP contribution in [0.5, 0.6) is 5.75 Å². The van der Waals surface area contributed by atoms with E-state index in [9.17, 15) is 13.2 Å². The van der Waals surface area contributed by atoms with E-state index in [2.05, 4.69) is 5.32 Å². The van der Waals surface area contributed by atoms with Crippen LogP contribution in [0.3, 0.4) is 0 Å². The fraction of sp³-hybridized carbons (Fsp3) is 0.316. The van der Waals surface area contributed by atoms with Crippen molar-refractivity contribution in [3.05, 3.63) is 64.7 Å². The first-order valence-corrected chi connectivity index (χ1v) is 10.6. The maximum atomic E-state index is 12.6. The molecule has 2 aromatic rings. The molecule has 1 unspecified atom stereocenters. The van der Waals surface area contributed by atoms with Crippen LogP contribution >= 0.6 is 11.6 Å². The maximum Gasteiger partial charge on any atom is 0.243 e. The molecular formula is C19H23ClN2O4S. The molecule has 2 aromatic carbocycles. The number of benzene rings is 2. The number of hydrogen-bond acceptors (Lipinski definition) is 4. The van der Waals surface area contributed by atoms with Gasteiger partial charge in [0.05, 0.1) is 12.8 Å². The van der Waals surface area contributed by atoms with Gasteiger partial charge in [0.1, 0.15) is 18.4 Å². The molecule has 0 heterocycles. The van der Waals surface area contributed by atoms with E-state index in [0.717, 1.165) is 16.1 Å². The number of nitrogens with zero attached hydrogens (tertiary/aromatic N) is 1. The number of hydrogen-bond donors (Lipinski definition) is 1. The minimum Gasteiger partial charge on any atom is -0.492 e. The van der Waals surface area contributed by atoms with Gasteiger partial charge in [0, 0.05) is 12.1 Å². The van der Waals surface area contributed by atoms with Crippen LogP contribution in [0.25, 0.3) is 0 Å². The van der Waals surface area contributed by atoms with Gasteiger partial charge in [-0.25, -0.2) is 8.42 Å². The molecule has 0 aliphatic carbocycles. The third-order valence-corrected chi connectivity index (χ3v) is 5.73. The number of ether oxygens (including phenoxy) is 1. The first kappa shape index (κ1) is 21.2. The Morgan fingerprint density at radius 1 is 1.22 bits per heavy atom. The lowest BCUT2D eigenvalue weighted by atomic mass is 10.1. The van der Waals surface area contributed by atoms with Crippen LogP contribution in [-0.4, -0.2) is 45.1 Å². The van der Waals surface area contributed by atoms with Crippen LogP contribution in [0.4, 0.5) is 0 Å². The van der Waals surface area contributed by atoms with E-state index >= 15 is 0 Å². The van der Waals surface area contributed by atoms with E-state index in [0.29, 0.717) is 16.3 Å². The fourth-order valence-corrected chi connectivity index (χ4v) is 3.23. The highest BCUT2D eigenvalue weighted by Gasteiger charge is 2.30. The zero-order valence-electron chi connectivity index (χ0n) is 15.5. The SMILES string of the molecule is Cc1ccc(OCCNC(=O)C(c2ccccc2)N(C)S(C)(=O)=O)cc1Cl. The Balaban J connectivity index is 2.00. The Morgan fingerprint density at radius 3 is 2.48 bits per heavy atom. The number of amides is 1. The van der Waals surface area contributed by atoms with Crippen LogP contribution in [-0.2, 0) is 14.8 Å². The Hall–Kier alpha value is -2.09. The Morgan fingerprint density at radius 2 is 1.89 bits per heavy atom. The number of rotatable bonds is 8. The smallest absolute Gasteiger partial charge is 0.243 e. The molecule has 0 spiro atoms. The molecule has 27 heavy (non-hydrogen) atoms. The minimum atomic E-state index is -3.55. The molecule has 0 bridgehead atoms. The fourth-order valence-electron chi connectivity index (χ4n) is 2.46. The second kappa shape index (κ2) is 9.21. The number of likely N-dealkylation sites (N-methyl/N-ethyl adjacent to an activating group) is 1.